The third kappa shape index (κ3) is 3.62. The minimum Gasteiger partial charge on any atom is -0.481 e. The van der Waals surface area contributed by atoms with E-state index in [9.17, 15) is 0 Å². The molecule has 0 spiro atoms. The van der Waals surface area contributed by atoms with E-state index in [-0.39, 0.29) is 0 Å². The molecule has 3 heteroatoms. The summed E-state index contributed by atoms with van der Waals surface area (Å²) >= 11 is 0. The van der Waals surface area contributed by atoms with E-state index in [4.69, 9.17) is 4.74 Å². The molecule has 0 aromatic carbocycles. The maximum absolute atomic E-state index is 5.13. The molecule has 1 aliphatic carbocycles. The number of ether oxygens (including phenoxy) is 1. The van der Waals surface area contributed by atoms with Gasteiger partial charge in [-0.05, 0) is 31.2 Å². The zero-order chi connectivity index (χ0) is 12.1. The molecule has 1 aromatic heterocycles. The number of nitrogens with one attached hydrogen (secondary N) is 1. The first-order chi connectivity index (χ1) is 8.28. The molecule has 1 aliphatic rings. The number of nitrogens with zero attached hydrogens (tertiary/aromatic N) is 1. The number of rotatable bonds is 3. The van der Waals surface area contributed by atoms with Crippen LogP contribution in [-0.2, 0) is 0 Å². The highest BCUT2D eigenvalue weighted by Gasteiger charge is 2.15. The summed E-state index contributed by atoms with van der Waals surface area (Å²) < 4.78 is 5.13. The van der Waals surface area contributed by atoms with Gasteiger partial charge in [-0.25, -0.2) is 4.98 Å². The molecular weight excluding hydrogens is 212 g/mol. The molecule has 1 saturated carbocycles. The zero-order valence-electron chi connectivity index (χ0n) is 10.8. The van der Waals surface area contributed by atoms with E-state index in [0.717, 1.165) is 11.6 Å². The van der Waals surface area contributed by atoms with E-state index >= 15 is 0 Å². The molecule has 2 rings (SSSR count). The van der Waals surface area contributed by atoms with Crippen molar-refractivity contribution in [3.8, 4) is 5.88 Å². The second kappa shape index (κ2) is 5.89. The van der Waals surface area contributed by atoms with Gasteiger partial charge in [-0.15, -0.1) is 0 Å². The van der Waals surface area contributed by atoms with Crippen molar-refractivity contribution in [3.63, 3.8) is 0 Å². The van der Waals surface area contributed by atoms with Crippen LogP contribution < -0.4 is 10.1 Å². The molecule has 1 N–H and O–H groups in total. The first-order valence-corrected chi connectivity index (χ1v) is 6.54. The summed E-state index contributed by atoms with van der Waals surface area (Å²) in [6, 6.07) is 4.58. The first kappa shape index (κ1) is 12.2. The standard InChI is InChI=1S/C14H22N2O/c1-11-4-3-5-12(7-6-11)16-13-8-9-15-14(10-13)17-2/h8-12H,3-7H2,1-2H3,(H,15,16). The van der Waals surface area contributed by atoms with Crippen LogP contribution in [0.3, 0.4) is 0 Å². The van der Waals surface area contributed by atoms with Crippen molar-refractivity contribution in [1.29, 1.82) is 0 Å². The van der Waals surface area contributed by atoms with Gasteiger partial charge >= 0.3 is 0 Å². The molecule has 94 valence electrons. The molecule has 0 bridgehead atoms. The lowest BCUT2D eigenvalue weighted by atomic mass is 10.0. The van der Waals surface area contributed by atoms with Crippen LogP contribution in [0.4, 0.5) is 5.69 Å². The van der Waals surface area contributed by atoms with E-state index in [1.807, 2.05) is 12.1 Å². The normalized spacial score (nSPS) is 25.1. The maximum Gasteiger partial charge on any atom is 0.214 e. The van der Waals surface area contributed by atoms with Crippen molar-refractivity contribution in [2.24, 2.45) is 5.92 Å². The average Bonchev–Trinajstić information content (AvgIpc) is 2.55. The summed E-state index contributed by atoms with van der Waals surface area (Å²) in [5.41, 5.74) is 1.12. The Balaban J connectivity index is 1.94. The van der Waals surface area contributed by atoms with Gasteiger partial charge in [-0.3, -0.25) is 0 Å². The third-order valence-electron chi connectivity index (χ3n) is 3.57. The summed E-state index contributed by atoms with van der Waals surface area (Å²) in [6.07, 6.45) is 8.38. The second-order valence-electron chi connectivity index (χ2n) is 5.04. The van der Waals surface area contributed by atoms with Crippen LogP contribution in [0.25, 0.3) is 0 Å². The Hall–Kier alpha value is -1.25. The van der Waals surface area contributed by atoms with Gasteiger partial charge in [0, 0.05) is 24.0 Å². The number of anilines is 1. The molecule has 0 saturated heterocycles. The Morgan fingerprint density at radius 1 is 1.29 bits per heavy atom. The molecule has 3 nitrogen and oxygen atoms in total. The lowest BCUT2D eigenvalue weighted by molar-refractivity contribution is 0.398. The summed E-state index contributed by atoms with van der Waals surface area (Å²) in [5.74, 6) is 1.56. The fraction of sp³-hybridized carbons (Fsp3) is 0.643. The highest BCUT2D eigenvalue weighted by molar-refractivity contribution is 5.45. The van der Waals surface area contributed by atoms with E-state index < -0.39 is 0 Å². The predicted octanol–water partition coefficient (Wildman–Crippen LogP) is 3.47. The molecule has 0 amide bonds. The maximum atomic E-state index is 5.13. The average molecular weight is 234 g/mol. The highest BCUT2D eigenvalue weighted by Crippen LogP contribution is 2.25. The zero-order valence-corrected chi connectivity index (χ0v) is 10.8. The lowest BCUT2D eigenvalue weighted by Crippen LogP contribution is -2.18. The van der Waals surface area contributed by atoms with Crippen LogP contribution in [0, 0.1) is 5.92 Å². The van der Waals surface area contributed by atoms with Crippen LogP contribution in [0.5, 0.6) is 5.88 Å². The molecule has 17 heavy (non-hydrogen) atoms. The van der Waals surface area contributed by atoms with Gasteiger partial charge in [0.1, 0.15) is 0 Å². The Labute approximate surface area is 104 Å². The molecule has 0 aliphatic heterocycles. The Kier molecular flexibility index (Phi) is 4.24. The van der Waals surface area contributed by atoms with Gasteiger partial charge < -0.3 is 10.1 Å². The molecular formula is C14H22N2O. The summed E-state index contributed by atoms with van der Waals surface area (Å²) in [6.45, 7) is 2.36. The van der Waals surface area contributed by atoms with Gasteiger partial charge in [0.2, 0.25) is 5.88 Å². The van der Waals surface area contributed by atoms with Crippen molar-refractivity contribution in [2.45, 2.75) is 45.1 Å². The van der Waals surface area contributed by atoms with Gasteiger partial charge in [0.15, 0.2) is 0 Å². The second-order valence-corrected chi connectivity index (χ2v) is 5.04. The monoisotopic (exact) mass is 234 g/mol. The Morgan fingerprint density at radius 3 is 3.00 bits per heavy atom. The van der Waals surface area contributed by atoms with Gasteiger partial charge in [-0.2, -0.15) is 0 Å². The topological polar surface area (TPSA) is 34.1 Å². The van der Waals surface area contributed by atoms with E-state index in [1.165, 1.54) is 32.1 Å². The number of hydrogen-bond acceptors (Lipinski definition) is 3. The van der Waals surface area contributed by atoms with Crippen molar-refractivity contribution < 1.29 is 4.74 Å². The molecule has 2 atom stereocenters. The lowest BCUT2D eigenvalue weighted by Gasteiger charge is -2.18. The van der Waals surface area contributed by atoms with Crippen molar-refractivity contribution in [3.05, 3.63) is 18.3 Å². The smallest absolute Gasteiger partial charge is 0.214 e. The van der Waals surface area contributed by atoms with Gasteiger partial charge in [0.25, 0.3) is 0 Å². The van der Waals surface area contributed by atoms with Crippen LogP contribution >= 0.6 is 0 Å². The Bertz CT molecular complexity index is 354. The fourth-order valence-corrected chi connectivity index (χ4v) is 2.48. The van der Waals surface area contributed by atoms with Gasteiger partial charge in [0.05, 0.1) is 7.11 Å². The van der Waals surface area contributed by atoms with Crippen molar-refractivity contribution in [1.82, 2.24) is 4.98 Å². The van der Waals surface area contributed by atoms with Crippen molar-refractivity contribution in [2.75, 3.05) is 12.4 Å². The summed E-state index contributed by atoms with van der Waals surface area (Å²) in [7, 11) is 1.65. The number of methoxy groups -OCH3 is 1. The largest absolute Gasteiger partial charge is 0.481 e. The third-order valence-corrected chi connectivity index (χ3v) is 3.57. The molecule has 1 fully saturated rings. The molecule has 1 heterocycles. The number of aromatic nitrogens is 1. The van der Waals surface area contributed by atoms with Crippen LogP contribution in [0.15, 0.2) is 18.3 Å². The quantitative estimate of drug-likeness (QED) is 0.813. The van der Waals surface area contributed by atoms with E-state index in [0.29, 0.717) is 11.9 Å². The number of hydrogen-bond donors (Lipinski definition) is 1. The predicted molar refractivity (Wildman–Crippen MR) is 70.4 cm³/mol. The summed E-state index contributed by atoms with van der Waals surface area (Å²) in [4.78, 5) is 4.12. The first-order valence-electron chi connectivity index (χ1n) is 6.54. The number of pyridine rings is 1. The molecule has 0 radical (unpaired) electrons. The fourth-order valence-electron chi connectivity index (χ4n) is 2.48. The Morgan fingerprint density at radius 2 is 2.18 bits per heavy atom. The molecule has 2 unspecified atom stereocenters. The minimum atomic E-state index is 0.604. The van der Waals surface area contributed by atoms with Crippen LogP contribution in [0.1, 0.15) is 39.0 Å². The van der Waals surface area contributed by atoms with E-state index in [2.05, 4.69) is 17.2 Å². The highest BCUT2D eigenvalue weighted by atomic mass is 16.5. The van der Waals surface area contributed by atoms with Crippen LogP contribution in [-0.4, -0.2) is 18.1 Å². The van der Waals surface area contributed by atoms with Gasteiger partial charge in [-0.1, -0.05) is 19.8 Å². The minimum absolute atomic E-state index is 0.604. The van der Waals surface area contributed by atoms with Crippen LogP contribution in [0.2, 0.25) is 0 Å². The summed E-state index contributed by atoms with van der Waals surface area (Å²) in [5, 5.41) is 3.60. The van der Waals surface area contributed by atoms with E-state index in [1.54, 1.807) is 13.3 Å². The SMILES string of the molecule is COc1cc(NC2CCCC(C)CC2)ccn1. The van der Waals surface area contributed by atoms with Crippen molar-refractivity contribution >= 4 is 5.69 Å². The molecule has 1 aromatic rings.